The van der Waals surface area contributed by atoms with Gasteiger partial charge in [0, 0.05) is 0 Å². The maximum Gasteiger partial charge on any atom is 0.416 e. The molecule has 7 heteroatoms. The van der Waals surface area contributed by atoms with Crippen LogP contribution in [0.25, 0.3) is 0 Å². The lowest BCUT2D eigenvalue weighted by molar-refractivity contribution is -0.137. The average molecular weight is 297 g/mol. The Morgan fingerprint density at radius 2 is 2.05 bits per heavy atom. The van der Waals surface area contributed by atoms with Crippen molar-refractivity contribution < 1.29 is 18.0 Å². The van der Waals surface area contributed by atoms with Gasteiger partial charge in [0.05, 0.1) is 11.6 Å². The SMILES string of the molecule is CC1(c2cccc(C(F)(F)F)c2)NC(=NC2CC2)NC1=O. The molecule has 1 saturated carbocycles. The van der Waals surface area contributed by atoms with Gasteiger partial charge >= 0.3 is 6.18 Å². The van der Waals surface area contributed by atoms with Gasteiger partial charge in [0.15, 0.2) is 5.96 Å². The van der Waals surface area contributed by atoms with Crippen LogP contribution in [0.4, 0.5) is 13.2 Å². The second-order valence-corrected chi connectivity index (χ2v) is 5.49. The van der Waals surface area contributed by atoms with E-state index in [1.807, 2.05) is 0 Å². The first-order chi connectivity index (χ1) is 9.79. The number of guanidine groups is 1. The highest BCUT2D eigenvalue weighted by Gasteiger charge is 2.44. The van der Waals surface area contributed by atoms with Crippen molar-refractivity contribution in [1.29, 1.82) is 0 Å². The number of carbonyl (C=O) groups is 1. The van der Waals surface area contributed by atoms with Crippen LogP contribution in [0.2, 0.25) is 0 Å². The number of amides is 1. The quantitative estimate of drug-likeness (QED) is 0.879. The molecule has 2 N–H and O–H groups in total. The van der Waals surface area contributed by atoms with Crippen molar-refractivity contribution in [3.05, 3.63) is 35.4 Å². The highest BCUT2D eigenvalue weighted by atomic mass is 19.4. The van der Waals surface area contributed by atoms with Gasteiger partial charge in [0.25, 0.3) is 5.91 Å². The van der Waals surface area contributed by atoms with E-state index < -0.39 is 23.2 Å². The molecule has 0 bridgehead atoms. The number of hydrogen-bond donors (Lipinski definition) is 2. The predicted molar refractivity (Wildman–Crippen MR) is 70.5 cm³/mol. The van der Waals surface area contributed by atoms with Crippen LogP contribution in [0.15, 0.2) is 29.3 Å². The number of halogens is 3. The molecule has 1 heterocycles. The molecule has 1 unspecified atom stereocenters. The monoisotopic (exact) mass is 297 g/mol. The number of rotatable bonds is 2. The van der Waals surface area contributed by atoms with Crippen LogP contribution in [0, 0.1) is 0 Å². The summed E-state index contributed by atoms with van der Waals surface area (Å²) >= 11 is 0. The number of carbonyl (C=O) groups excluding carboxylic acids is 1. The maximum absolute atomic E-state index is 12.8. The maximum atomic E-state index is 12.8. The zero-order valence-corrected chi connectivity index (χ0v) is 11.3. The molecule has 1 atom stereocenters. The van der Waals surface area contributed by atoms with Crippen molar-refractivity contribution in [2.45, 2.75) is 37.5 Å². The van der Waals surface area contributed by atoms with Gasteiger partial charge in [-0.3, -0.25) is 10.1 Å². The van der Waals surface area contributed by atoms with E-state index in [0.29, 0.717) is 5.96 Å². The second-order valence-electron chi connectivity index (χ2n) is 5.49. The Kier molecular flexibility index (Phi) is 2.96. The van der Waals surface area contributed by atoms with Gasteiger partial charge < -0.3 is 5.32 Å². The van der Waals surface area contributed by atoms with Gasteiger partial charge in [-0.05, 0) is 37.5 Å². The Morgan fingerprint density at radius 3 is 2.67 bits per heavy atom. The van der Waals surface area contributed by atoms with Crippen LogP contribution in [0.3, 0.4) is 0 Å². The third-order valence-corrected chi connectivity index (χ3v) is 3.68. The number of aliphatic imine (C=N–C) groups is 1. The van der Waals surface area contributed by atoms with Crippen molar-refractivity contribution in [3.8, 4) is 0 Å². The molecule has 1 aromatic rings. The van der Waals surface area contributed by atoms with E-state index >= 15 is 0 Å². The molecule has 112 valence electrons. The summed E-state index contributed by atoms with van der Waals surface area (Å²) in [4.78, 5) is 16.4. The largest absolute Gasteiger partial charge is 0.416 e. The molecule has 1 aliphatic heterocycles. The fraction of sp³-hybridized carbons (Fsp3) is 0.429. The minimum atomic E-state index is -4.44. The Hall–Kier alpha value is -2.05. The van der Waals surface area contributed by atoms with Crippen LogP contribution in [-0.4, -0.2) is 17.9 Å². The summed E-state index contributed by atoms with van der Waals surface area (Å²) in [6.07, 6.45) is -2.49. The molecule has 4 nitrogen and oxygen atoms in total. The summed E-state index contributed by atoms with van der Waals surface area (Å²) in [6, 6.07) is 4.98. The zero-order valence-electron chi connectivity index (χ0n) is 11.3. The lowest BCUT2D eigenvalue weighted by atomic mass is 9.91. The smallest absolute Gasteiger partial charge is 0.338 e. The van der Waals surface area contributed by atoms with Gasteiger partial charge in [-0.15, -0.1) is 0 Å². The second kappa shape index (κ2) is 4.47. The third kappa shape index (κ3) is 2.59. The molecule has 2 fully saturated rings. The first-order valence-electron chi connectivity index (χ1n) is 6.64. The molecular weight excluding hydrogens is 283 g/mol. The van der Waals surface area contributed by atoms with Gasteiger partial charge in [-0.2, -0.15) is 13.2 Å². The molecule has 2 aliphatic rings. The lowest BCUT2D eigenvalue weighted by Crippen LogP contribution is -2.40. The standard InChI is InChI=1S/C14H14F3N3O/c1-13(8-3-2-4-9(7-8)14(15,16)17)11(21)19-12(20-13)18-10-5-6-10/h2-4,7,10H,5-6H2,1H3,(H2,18,19,20,21). The van der Waals surface area contributed by atoms with Crippen molar-refractivity contribution >= 4 is 11.9 Å². The molecule has 1 amide bonds. The Morgan fingerprint density at radius 1 is 1.33 bits per heavy atom. The fourth-order valence-corrected chi connectivity index (χ4v) is 2.22. The predicted octanol–water partition coefficient (Wildman–Crippen LogP) is 2.16. The van der Waals surface area contributed by atoms with E-state index in [1.165, 1.54) is 12.1 Å². The minimum Gasteiger partial charge on any atom is -0.338 e. The number of hydrogen-bond acceptors (Lipinski definition) is 2. The molecule has 3 rings (SSSR count). The average Bonchev–Trinajstić information content (AvgIpc) is 3.16. The highest BCUT2D eigenvalue weighted by molar-refractivity contribution is 6.09. The summed E-state index contributed by atoms with van der Waals surface area (Å²) in [5.41, 5.74) is -1.76. The summed E-state index contributed by atoms with van der Waals surface area (Å²) < 4.78 is 38.4. The first-order valence-corrected chi connectivity index (χ1v) is 6.64. The lowest BCUT2D eigenvalue weighted by Gasteiger charge is -2.22. The van der Waals surface area contributed by atoms with Gasteiger partial charge in [-0.1, -0.05) is 12.1 Å². The van der Waals surface area contributed by atoms with E-state index in [4.69, 9.17) is 0 Å². The van der Waals surface area contributed by atoms with Gasteiger partial charge in [-0.25, -0.2) is 4.99 Å². The van der Waals surface area contributed by atoms with Crippen LogP contribution in [-0.2, 0) is 16.5 Å². The third-order valence-electron chi connectivity index (χ3n) is 3.68. The molecule has 1 aliphatic carbocycles. The van der Waals surface area contributed by atoms with Crippen LogP contribution in [0.5, 0.6) is 0 Å². The Balaban J connectivity index is 1.93. The zero-order chi connectivity index (χ0) is 15.3. The summed E-state index contributed by atoms with van der Waals surface area (Å²) in [5, 5.41) is 5.50. The summed E-state index contributed by atoms with van der Waals surface area (Å²) in [6.45, 7) is 1.55. The number of benzene rings is 1. The topological polar surface area (TPSA) is 53.5 Å². The van der Waals surface area contributed by atoms with E-state index in [9.17, 15) is 18.0 Å². The number of nitrogens with one attached hydrogen (secondary N) is 2. The van der Waals surface area contributed by atoms with E-state index in [2.05, 4.69) is 15.6 Å². The van der Waals surface area contributed by atoms with Crippen LogP contribution < -0.4 is 10.6 Å². The summed E-state index contributed by atoms with van der Waals surface area (Å²) in [7, 11) is 0. The normalized spacial score (nSPS) is 27.6. The molecular formula is C14H14F3N3O. The van der Waals surface area contributed by atoms with E-state index in [-0.39, 0.29) is 11.6 Å². The van der Waals surface area contributed by atoms with E-state index in [1.54, 1.807) is 6.92 Å². The first kappa shape index (κ1) is 13.9. The fourth-order valence-electron chi connectivity index (χ4n) is 2.22. The van der Waals surface area contributed by atoms with E-state index in [0.717, 1.165) is 25.0 Å². The molecule has 1 saturated heterocycles. The molecule has 1 aromatic carbocycles. The van der Waals surface area contributed by atoms with Crippen molar-refractivity contribution in [3.63, 3.8) is 0 Å². The number of nitrogens with zero attached hydrogens (tertiary/aromatic N) is 1. The highest BCUT2D eigenvalue weighted by Crippen LogP contribution is 2.33. The number of alkyl halides is 3. The molecule has 21 heavy (non-hydrogen) atoms. The minimum absolute atomic E-state index is 0.205. The van der Waals surface area contributed by atoms with Gasteiger partial charge in [0.2, 0.25) is 0 Å². The van der Waals surface area contributed by atoms with Crippen LogP contribution in [0.1, 0.15) is 30.9 Å². The van der Waals surface area contributed by atoms with Crippen LogP contribution >= 0.6 is 0 Å². The summed E-state index contributed by atoms with van der Waals surface area (Å²) in [5.74, 6) is -0.0661. The Bertz CT molecular complexity index is 622. The molecule has 0 radical (unpaired) electrons. The van der Waals surface area contributed by atoms with Crippen molar-refractivity contribution in [1.82, 2.24) is 10.6 Å². The van der Waals surface area contributed by atoms with Crippen molar-refractivity contribution in [2.24, 2.45) is 4.99 Å². The van der Waals surface area contributed by atoms with Gasteiger partial charge in [0.1, 0.15) is 5.54 Å². The Labute approximate surface area is 119 Å². The molecule has 0 spiro atoms. The van der Waals surface area contributed by atoms with Crippen molar-refractivity contribution in [2.75, 3.05) is 0 Å². The molecule has 0 aromatic heterocycles.